The molecule has 0 saturated carbocycles. The molecule has 0 spiro atoms. The van der Waals surface area contributed by atoms with Crippen LogP contribution in [0.5, 0.6) is 0 Å². The fourth-order valence-electron chi connectivity index (χ4n) is 4.90. The number of nitrogens with zero attached hydrogens (tertiary/aromatic N) is 1. The van der Waals surface area contributed by atoms with Gasteiger partial charge in [-0.25, -0.2) is 4.39 Å². The standard InChI is InChI=1S/C29H31FNO5P.2Na/c1-18(2)28-25(14-15-37(35,36)17-22(32)16-26(33)34)27(20-10-12-21(30)13-11-20)24-9-5-7-19-6-3-4-8-23(19)29(24)31-28;;/h3-4,6,8,10-15,18,22,32H,5,7,9,16-17H2,1-2H3,(H,33,34)(H,35,36);;/q;2*+1/p-2/b15-14+;;/t22-;;/m1../s1. The van der Waals surface area contributed by atoms with E-state index in [1.54, 1.807) is 12.1 Å². The van der Waals surface area contributed by atoms with Crippen LogP contribution in [0, 0.1) is 5.82 Å². The van der Waals surface area contributed by atoms with Gasteiger partial charge in [-0.2, -0.15) is 0 Å². The Bertz CT molecular complexity index is 1400. The Morgan fingerprint density at radius 2 is 1.79 bits per heavy atom. The van der Waals surface area contributed by atoms with E-state index in [1.165, 1.54) is 23.8 Å². The summed E-state index contributed by atoms with van der Waals surface area (Å²) >= 11 is 0. The van der Waals surface area contributed by atoms with Crippen molar-refractivity contribution in [3.05, 3.63) is 82.5 Å². The Morgan fingerprint density at radius 1 is 1.13 bits per heavy atom. The molecule has 1 aliphatic carbocycles. The summed E-state index contributed by atoms with van der Waals surface area (Å²) in [5, 5.41) is 20.6. The van der Waals surface area contributed by atoms with Gasteiger partial charge >= 0.3 is 59.1 Å². The molecule has 3 aromatic rings. The van der Waals surface area contributed by atoms with E-state index >= 15 is 0 Å². The first kappa shape index (κ1) is 34.1. The molecule has 1 unspecified atom stereocenters. The van der Waals surface area contributed by atoms with Crippen LogP contribution in [-0.2, 0) is 22.2 Å². The summed E-state index contributed by atoms with van der Waals surface area (Å²) in [7, 11) is -4.29. The van der Waals surface area contributed by atoms with Gasteiger partial charge in [0, 0.05) is 37.0 Å². The molecule has 1 aromatic heterocycles. The Kier molecular flexibility index (Phi) is 12.8. The maximum Gasteiger partial charge on any atom is 1.00 e. The number of rotatable bonds is 8. The van der Waals surface area contributed by atoms with Crippen LogP contribution >= 0.6 is 7.37 Å². The number of fused-ring (bicyclic) bond motifs is 3. The van der Waals surface area contributed by atoms with Gasteiger partial charge in [0.05, 0.1) is 17.5 Å². The van der Waals surface area contributed by atoms with Crippen molar-refractivity contribution in [3.8, 4) is 22.4 Å². The predicted molar refractivity (Wildman–Crippen MR) is 138 cm³/mol. The van der Waals surface area contributed by atoms with Crippen LogP contribution in [0.15, 0.2) is 54.3 Å². The number of aromatic nitrogens is 1. The summed E-state index contributed by atoms with van der Waals surface area (Å²) in [4.78, 5) is 28.6. The molecule has 1 heterocycles. The van der Waals surface area contributed by atoms with E-state index in [0.29, 0.717) is 17.7 Å². The van der Waals surface area contributed by atoms with Crippen molar-refractivity contribution in [3.63, 3.8) is 0 Å². The van der Waals surface area contributed by atoms with Crippen molar-refractivity contribution in [2.24, 2.45) is 0 Å². The molecule has 1 N–H and O–H groups in total. The zero-order valence-corrected chi connectivity index (χ0v) is 27.7. The molecule has 2 aromatic carbocycles. The first-order valence-corrected chi connectivity index (χ1v) is 14.2. The summed E-state index contributed by atoms with van der Waals surface area (Å²) < 4.78 is 26.6. The SMILES string of the molecule is CC(C)c1nc2c(c(-c3ccc(F)cc3)c1/C=C/P(=O)([O-])C[C@H](O)CC(=O)[O-])CCCc1ccccc1-2.[Na+].[Na+]. The van der Waals surface area contributed by atoms with Crippen molar-refractivity contribution < 1.29 is 88.0 Å². The number of halogens is 1. The Hall–Kier alpha value is -1.12. The van der Waals surface area contributed by atoms with Crippen LogP contribution < -0.4 is 69.1 Å². The summed E-state index contributed by atoms with van der Waals surface area (Å²) in [6.45, 7) is 3.95. The first-order chi connectivity index (χ1) is 17.6. The van der Waals surface area contributed by atoms with Crippen molar-refractivity contribution in [2.45, 2.75) is 51.6 Å². The number of pyridine rings is 1. The minimum atomic E-state index is -4.29. The van der Waals surface area contributed by atoms with E-state index in [-0.39, 0.29) is 70.8 Å². The number of benzene rings is 2. The van der Waals surface area contributed by atoms with Crippen LogP contribution in [0.2, 0.25) is 0 Å². The Balaban J connectivity index is 0.00000267. The number of aliphatic hydroxyl groups excluding tert-OH is 1. The molecule has 10 heteroatoms. The average Bonchev–Trinajstić information content (AvgIpc) is 3.01. The van der Waals surface area contributed by atoms with Gasteiger partial charge in [-0.15, -0.1) is 0 Å². The topological polar surface area (TPSA) is 113 Å². The molecule has 2 atom stereocenters. The molecule has 4 rings (SSSR count). The van der Waals surface area contributed by atoms with E-state index in [1.807, 2.05) is 32.0 Å². The second kappa shape index (κ2) is 14.7. The van der Waals surface area contributed by atoms with Gasteiger partial charge in [0.25, 0.3) is 0 Å². The summed E-state index contributed by atoms with van der Waals surface area (Å²) in [6, 6.07) is 14.2. The fraction of sp³-hybridized carbons (Fsp3) is 0.310. The van der Waals surface area contributed by atoms with E-state index in [4.69, 9.17) is 4.98 Å². The van der Waals surface area contributed by atoms with E-state index in [9.17, 15) is 28.9 Å². The fourth-order valence-corrected chi connectivity index (χ4v) is 6.12. The molecule has 0 amide bonds. The third-order valence-electron chi connectivity index (χ3n) is 6.53. The molecule has 0 radical (unpaired) electrons. The van der Waals surface area contributed by atoms with E-state index in [2.05, 4.69) is 6.07 Å². The van der Waals surface area contributed by atoms with Crippen molar-refractivity contribution in [1.29, 1.82) is 0 Å². The van der Waals surface area contributed by atoms with Crippen LogP contribution in [0.25, 0.3) is 28.5 Å². The molecular weight excluding hydrogens is 538 g/mol. The van der Waals surface area contributed by atoms with Crippen molar-refractivity contribution in [2.75, 3.05) is 6.16 Å². The molecule has 6 nitrogen and oxygen atoms in total. The minimum Gasteiger partial charge on any atom is -0.796 e. The normalized spacial score (nSPS) is 14.8. The number of aliphatic carboxylic acids is 1. The number of carbonyl (C=O) groups excluding carboxylic acids is 1. The van der Waals surface area contributed by atoms with Gasteiger partial charge < -0.3 is 24.5 Å². The van der Waals surface area contributed by atoms with E-state index in [0.717, 1.165) is 46.6 Å². The van der Waals surface area contributed by atoms with Gasteiger partial charge in [-0.05, 0) is 65.4 Å². The quantitative estimate of drug-likeness (QED) is 0.256. The first-order valence-electron chi connectivity index (χ1n) is 12.3. The number of hydrogen-bond donors (Lipinski definition) is 1. The molecule has 1 aliphatic rings. The van der Waals surface area contributed by atoms with Gasteiger partial charge in [0.2, 0.25) is 0 Å². The predicted octanol–water partition coefficient (Wildman–Crippen LogP) is -1.72. The van der Waals surface area contributed by atoms with E-state index < -0.39 is 32.0 Å². The molecular formula is C29H29FNNa2O5P. The average molecular weight is 568 g/mol. The maximum absolute atomic E-state index is 13.9. The molecule has 39 heavy (non-hydrogen) atoms. The molecule has 0 saturated heterocycles. The summed E-state index contributed by atoms with van der Waals surface area (Å²) in [5.41, 5.74) is 6.92. The molecule has 0 aliphatic heterocycles. The monoisotopic (exact) mass is 567 g/mol. The number of aryl methyl sites for hydroxylation is 1. The summed E-state index contributed by atoms with van der Waals surface area (Å²) in [5.74, 6) is -0.929. The number of carbonyl (C=O) groups is 1. The van der Waals surface area contributed by atoms with Crippen LogP contribution in [0.4, 0.5) is 4.39 Å². The number of hydrogen-bond acceptors (Lipinski definition) is 6. The van der Waals surface area contributed by atoms with Gasteiger partial charge in [0.15, 0.2) is 0 Å². The van der Waals surface area contributed by atoms with Gasteiger partial charge in [-0.1, -0.05) is 56.3 Å². The largest absolute Gasteiger partial charge is 1.00 e. The van der Waals surface area contributed by atoms with Gasteiger partial charge in [0.1, 0.15) is 5.82 Å². The molecule has 194 valence electrons. The zero-order chi connectivity index (χ0) is 26.7. The minimum absolute atomic E-state index is 0. The second-order valence-corrected chi connectivity index (χ2v) is 11.9. The Labute approximate surface area is 272 Å². The number of carboxylic acids is 1. The smallest absolute Gasteiger partial charge is 0.796 e. The van der Waals surface area contributed by atoms with Crippen molar-refractivity contribution >= 4 is 19.4 Å². The molecule has 0 fully saturated rings. The third-order valence-corrected chi connectivity index (χ3v) is 8.06. The van der Waals surface area contributed by atoms with Crippen LogP contribution in [0.3, 0.4) is 0 Å². The zero-order valence-electron chi connectivity index (χ0n) is 22.8. The summed E-state index contributed by atoms with van der Waals surface area (Å²) in [6.07, 6.45) is 0.897. The second-order valence-electron chi connectivity index (χ2n) is 9.74. The molecule has 0 bridgehead atoms. The Morgan fingerprint density at radius 3 is 2.44 bits per heavy atom. The van der Waals surface area contributed by atoms with Gasteiger partial charge in [-0.3, -0.25) is 4.98 Å². The van der Waals surface area contributed by atoms with Crippen molar-refractivity contribution in [1.82, 2.24) is 4.98 Å². The third kappa shape index (κ3) is 8.45. The van der Waals surface area contributed by atoms with Crippen LogP contribution in [0.1, 0.15) is 55.0 Å². The maximum atomic E-state index is 13.9. The number of carboxylic acid groups (broad SMARTS) is 1. The van der Waals surface area contributed by atoms with Crippen LogP contribution in [-0.4, -0.2) is 28.3 Å². The number of aliphatic hydroxyl groups is 1.